The number of rotatable bonds is 38. The predicted molar refractivity (Wildman–Crippen MR) is 238 cm³/mol. The largest absolute Gasteiger partial charge is 0.472 e. The molecule has 0 fully saturated rings. The Hall–Kier alpha value is -3.33. The number of hydrogen-bond donors (Lipinski definition) is 2. The number of phosphoric acid groups is 1. The van der Waals surface area contributed by atoms with Gasteiger partial charge in [0.05, 0.1) is 13.2 Å². The Morgan fingerprint density at radius 2 is 0.912 bits per heavy atom. The van der Waals surface area contributed by atoms with Crippen molar-refractivity contribution in [3.05, 3.63) is 109 Å². The zero-order valence-electron chi connectivity index (χ0n) is 35.3. The van der Waals surface area contributed by atoms with Crippen LogP contribution < -0.4 is 5.73 Å². The van der Waals surface area contributed by atoms with Crippen LogP contribution in [-0.4, -0.2) is 49.3 Å². The van der Waals surface area contributed by atoms with Crippen LogP contribution >= 0.6 is 7.82 Å². The van der Waals surface area contributed by atoms with Gasteiger partial charge in [-0.2, -0.15) is 0 Å². The number of esters is 2. The maximum Gasteiger partial charge on any atom is 0.472 e. The molecular formula is C47H76NO8P. The minimum Gasteiger partial charge on any atom is -0.462 e. The van der Waals surface area contributed by atoms with Crippen LogP contribution in [0.3, 0.4) is 0 Å². The first-order valence-electron chi connectivity index (χ1n) is 21.4. The topological polar surface area (TPSA) is 134 Å². The van der Waals surface area contributed by atoms with Crippen LogP contribution in [0.5, 0.6) is 0 Å². The van der Waals surface area contributed by atoms with Gasteiger partial charge in [-0.05, 0) is 96.3 Å². The van der Waals surface area contributed by atoms with Crippen molar-refractivity contribution in [2.24, 2.45) is 5.73 Å². The Morgan fingerprint density at radius 3 is 1.35 bits per heavy atom. The van der Waals surface area contributed by atoms with Gasteiger partial charge in [0.25, 0.3) is 0 Å². The molecule has 0 bridgehead atoms. The van der Waals surface area contributed by atoms with Crippen molar-refractivity contribution in [1.82, 2.24) is 0 Å². The van der Waals surface area contributed by atoms with Crippen LogP contribution in [0.1, 0.15) is 142 Å². The van der Waals surface area contributed by atoms with Gasteiger partial charge in [-0.1, -0.05) is 142 Å². The van der Waals surface area contributed by atoms with Gasteiger partial charge in [0.2, 0.25) is 0 Å². The van der Waals surface area contributed by atoms with Gasteiger partial charge in [-0.15, -0.1) is 0 Å². The summed E-state index contributed by atoms with van der Waals surface area (Å²) < 4.78 is 32.7. The van der Waals surface area contributed by atoms with E-state index < -0.39 is 32.5 Å². The van der Waals surface area contributed by atoms with Crippen LogP contribution in [-0.2, 0) is 32.7 Å². The fraction of sp³-hybridized carbons (Fsp3) is 0.574. The average Bonchev–Trinajstić information content (AvgIpc) is 3.20. The summed E-state index contributed by atoms with van der Waals surface area (Å²) in [5.41, 5.74) is 5.34. The highest BCUT2D eigenvalue weighted by atomic mass is 31.2. The summed E-state index contributed by atoms with van der Waals surface area (Å²) in [5, 5.41) is 0. The lowest BCUT2D eigenvalue weighted by atomic mass is 10.1. The second kappa shape index (κ2) is 42.3. The van der Waals surface area contributed by atoms with E-state index in [9.17, 15) is 19.0 Å². The molecule has 0 aliphatic rings. The van der Waals surface area contributed by atoms with Crippen molar-refractivity contribution < 1.29 is 37.6 Å². The van der Waals surface area contributed by atoms with Gasteiger partial charge in [-0.3, -0.25) is 18.6 Å². The Morgan fingerprint density at radius 1 is 0.526 bits per heavy atom. The zero-order chi connectivity index (χ0) is 41.8. The molecule has 0 rings (SSSR count). The number of carbonyl (C=O) groups is 2. The first kappa shape index (κ1) is 53.7. The standard InChI is InChI=1S/C47H76NO8P/c1-3-5-7-9-11-13-15-17-19-21-22-24-26-28-30-32-34-36-38-40-47(50)56-45(44-55-57(51,52)54-42-41-48)43-53-46(49)39-37-35-33-31-29-27-25-23-20-18-16-14-12-10-8-6-4-2/h5-8,11-14,17-20,22,24-25,27-28,30,45H,3-4,9-10,15-16,21,23,26,29,31-44,48H2,1-2H3,(H,51,52)/t45-/m1/s1. The molecule has 57 heavy (non-hydrogen) atoms. The third-order valence-electron chi connectivity index (χ3n) is 8.15. The van der Waals surface area contributed by atoms with E-state index in [0.29, 0.717) is 12.8 Å². The summed E-state index contributed by atoms with van der Waals surface area (Å²) in [5.74, 6) is -0.907. The molecule has 0 radical (unpaired) electrons. The van der Waals surface area contributed by atoms with Crippen molar-refractivity contribution in [2.75, 3.05) is 26.4 Å². The van der Waals surface area contributed by atoms with Gasteiger partial charge in [0.1, 0.15) is 6.61 Å². The molecule has 2 atom stereocenters. The van der Waals surface area contributed by atoms with Gasteiger partial charge >= 0.3 is 19.8 Å². The van der Waals surface area contributed by atoms with E-state index in [0.717, 1.165) is 103 Å². The normalized spacial score (nSPS) is 14.4. The third-order valence-corrected chi connectivity index (χ3v) is 9.14. The first-order chi connectivity index (χ1) is 27.8. The highest BCUT2D eigenvalue weighted by molar-refractivity contribution is 7.47. The van der Waals surface area contributed by atoms with E-state index in [1.165, 1.54) is 0 Å². The molecule has 0 aromatic rings. The van der Waals surface area contributed by atoms with Crippen molar-refractivity contribution in [3.63, 3.8) is 0 Å². The average molecular weight is 814 g/mol. The lowest BCUT2D eigenvalue weighted by Gasteiger charge is -2.19. The van der Waals surface area contributed by atoms with Crippen molar-refractivity contribution in [3.8, 4) is 0 Å². The minimum atomic E-state index is -4.40. The van der Waals surface area contributed by atoms with E-state index in [2.05, 4.69) is 123 Å². The van der Waals surface area contributed by atoms with E-state index in [-0.39, 0.29) is 32.6 Å². The molecule has 0 amide bonds. The summed E-state index contributed by atoms with van der Waals surface area (Å²) in [7, 11) is -4.40. The smallest absolute Gasteiger partial charge is 0.462 e. The zero-order valence-corrected chi connectivity index (χ0v) is 36.2. The number of nitrogens with two attached hydrogens (primary N) is 1. The maximum atomic E-state index is 12.6. The molecule has 0 aromatic carbocycles. The molecule has 322 valence electrons. The molecule has 0 spiro atoms. The highest BCUT2D eigenvalue weighted by Gasteiger charge is 2.25. The second-order valence-corrected chi connectivity index (χ2v) is 14.9. The van der Waals surface area contributed by atoms with Gasteiger partial charge in [-0.25, -0.2) is 4.57 Å². The fourth-order valence-corrected chi connectivity index (χ4v) is 5.83. The molecule has 0 aliphatic heterocycles. The van der Waals surface area contributed by atoms with E-state index in [1.807, 2.05) is 0 Å². The lowest BCUT2D eigenvalue weighted by Crippen LogP contribution is -2.29. The lowest BCUT2D eigenvalue weighted by molar-refractivity contribution is -0.161. The quantitative estimate of drug-likeness (QED) is 0.0270. The summed E-state index contributed by atoms with van der Waals surface area (Å²) >= 11 is 0. The van der Waals surface area contributed by atoms with E-state index >= 15 is 0 Å². The van der Waals surface area contributed by atoms with Gasteiger partial charge < -0.3 is 20.1 Å². The SMILES string of the molecule is CCC=CCC=CCC=CCC=CCC=CCCCCCC(=O)O[C@H](COC(=O)CCCCCCC=CCC=CCC=CCC=CCC)COP(=O)(O)OCCN. The Labute approximate surface area is 346 Å². The number of hydrogen-bond acceptors (Lipinski definition) is 8. The molecule has 0 heterocycles. The second-order valence-electron chi connectivity index (χ2n) is 13.4. The minimum absolute atomic E-state index is 0.0372. The van der Waals surface area contributed by atoms with Crippen molar-refractivity contribution in [2.45, 2.75) is 148 Å². The molecule has 0 aliphatic carbocycles. The summed E-state index contributed by atoms with van der Waals surface area (Å²) in [6.07, 6.45) is 55.4. The summed E-state index contributed by atoms with van der Waals surface area (Å²) in [6, 6.07) is 0. The van der Waals surface area contributed by atoms with Crippen LogP contribution in [0.2, 0.25) is 0 Å². The number of phosphoric ester groups is 1. The van der Waals surface area contributed by atoms with Gasteiger partial charge in [0.15, 0.2) is 6.10 Å². The Balaban J connectivity index is 4.31. The summed E-state index contributed by atoms with van der Waals surface area (Å²) in [6.45, 7) is 3.40. The molecular weight excluding hydrogens is 737 g/mol. The van der Waals surface area contributed by atoms with Crippen molar-refractivity contribution >= 4 is 19.8 Å². The van der Waals surface area contributed by atoms with Crippen LogP contribution in [0, 0.1) is 0 Å². The highest BCUT2D eigenvalue weighted by Crippen LogP contribution is 2.43. The third kappa shape index (κ3) is 42.1. The molecule has 9 nitrogen and oxygen atoms in total. The maximum absolute atomic E-state index is 12.6. The number of ether oxygens (including phenoxy) is 2. The molecule has 1 unspecified atom stereocenters. The molecule has 3 N–H and O–H groups in total. The predicted octanol–water partition coefficient (Wildman–Crippen LogP) is 12.4. The van der Waals surface area contributed by atoms with E-state index in [4.69, 9.17) is 24.3 Å². The monoisotopic (exact) mass is 814 g/mol. The Kier molecular flexibility index (Phi) is 39.8. The van der Waals surface area contributed by atoms with Crippen LogP contribution in [0.15, 0.2) is 109 Å². The number of allylic oxidation sites excluding steroid dienone is 18. The van der Waals surface area contributed by atoms with Crippen molar-refractivity contribution in [1.29, 1.82) is 0 Å². The van der Waals surface area contributed by atoms with Crippen LogP contribution in [0.4, 0.5) is 0 Å². The number of unbranched alkanes of at least 4 members (excludes halogenated alkanes) is 7. The molecule has 0 aromatic heterocycles. The van der Waals surface area contributed by atoms with Gasteiger partial charge in [0, 0.05) is 19.4 Å². The molecule has 10 heteroatoms. The van der Waals surface area contributed by atoms with Crippen LogP contribution in [0.25, 0.3) is 0 Å². The fourth-order valence-electron chi connectivity index (χ4n) is 5.06. The summed E-state index contributed by atoms with van der Waals surface area (Å²) in [4.78, 5) is 34.9. The first-order valence-corrected chi connectivity index (χ1v) is 22.9. The molecule has 0 saturated heterocycles. The number of carbonyl (C=O) groups excluding carboxylic acids is 2. The molecule has 0 saturated carbocycles. The van der Waals surface area contributed by atoms with E-state index in [1.54, 1.807) is 0 Å². The Bertz CT molecular complexity index is 1290.